The highest BCUT2D eigenvalue weighted by Crippen LogP contribution is 2.36. The SMILES string of the molecule is COC(=O)c1cc(N)c(F)c(OC)c1O. The summed E-state index contributed by atoms with van der Waals surface area (Å²) in [6, 6.07) is 0.985. The average molecular weight is 215 g/mol. The number of phenolic OH excluding ortho intramolecular Hbond substituents is 1. The predicted molar refractivity (Wildman–Crippen MR) is 50.4 cm³/mol. The molecule has 0 aliphatic rings. The normalized spacial score (nSPS) is 9.80. The van der Waals surface area contributed by atoms with Crippen LogP contribution in [0.4, 0.5) is 10.1 Å². The molecule has 0 aliphatic carbocycles. The van der Waals surface area contributed by atoms with E-state index in [-0.39, 0.29) is 11.3 Å². The fraction of sp³-hybridized carbons (Fsp3) is 0.222. The highest BCUT2D eigenvalue weighted by Gasteiger charge is 2.21. The van der Waals surface area contributed by atoms with E-state index in [0.717, 1.165) is 20.3 Å². The van der Waals surface area contributed by atoms with Crippen molar-refractivity contribution in [2.24, 2.45) is 0 Å². The van der Waals surface area contributed by atoms with Gasteiger partial charge in [0.25, 0.3) is 0 Å². The Hall–Kier alpha value is -1.98. The van der Waals surface area contributed by atoms with E-state index >= 15 is 0 Å². The van der Waals surface area contributed by atoms with Crippen LogP contribution < -0.4 is 10.5 Å². The first-order valence-electron chi connectivity index (χ1n) is 3.96. The molecule has 0 amide bonds. The highest BCUT2D eigenvalue weighted by atomic mass is 19.1. The van der Waals surface area contributed by atoms with Gasteiger partial charge in [-0.2, -0.15) is 0 Å². The number of ether oxygens (including phenoxy) is 2. The minimum Gasteiger partial charge on any atom is -0.504 e. The summed E-state index contributed by atoms with van der Waals surface area (Å²) in [7, 11) is 2.28. The number of nitrogens with two attached hydrogens (primary N) is 1. The summed E-state index contributed by atoms with van der Waals surface area (Å²) in [6.45, 7) is 0. The van der Waals surface area contributed by atoms with Crippen LogP contribution in [0.25, 0.3) is 0 Å². The number of aromatic hydroxyl groups is 1. The zero-order valence-electron chi connectivity index (χ0n) is 8.20. The lowest BCUT2D eigenvalue weighted by molar-refractivity contribution is 0.0596. The molecular formula is C9H10FNO4. The van der Waals surface area contributed by atoms with Gasteiger partial charge in [-0.1, -0.05) is 0 Å². The van der Waals surface area contributed by atoms with Crippen LogP contribution in [0.5, 0.6) is 11.5 Å². The summed E-state index contributed by atoms with van der Waals surface area (Å²) in [6.07, 6.45) is 0. The maximum Gasteiger partial charge on any atom is 0.341 e. The van der Waals surface area contributed by atoms with Crippen molar-refractivity contribution in [3.8, 4) is 11.5 Å². The van der Waals surface area contributed by atoms with E-state index in [1.54, 1.807) is 0 Å². The smallest absolute Gasteiger partial charge is 0.341 e. The Balaban J connectivity index is 3.43. The number of esters is 1. The van der Waals surface area contributed by atoms with Crippen molar-refractivity contribution in [2.75, 3.05) is 20.0 Å². The fourth-order valence-corrected chi connectivity index (χ4v) is 1.10. The molecular weight excluding hydrogens is 205 g/mol. The number of carbonyl (C=O) groups excluding carboxylic acids is 1. The fourth-order valence-electron chi connectivity index (χ4n) is 1.10. The monoisotopic (exact) mass is 215 g/mol. The molecule has 82 valence electrons. The minimum atomic E-state index is -0.914. The molecule has 0 atom stereocenters. The first-order valence-corrected chi connectivity index (χ1v) is 3.96. The molecule has 0 heterocycles. The van der Waals surface area contributed by atoms with Crippen molar-refractivity contribution in [3.63, 3.8) is 0 Å². The number of rotatable bonds is 2. The number of nitrogen functional groups attached to an aromatic ring is 1. The molecule has 6 heteroatoms. The van der Waals surface area contributed by atoms with Crippen LogP contribution >= 0.6 is 0 Å². The van der Waals surface area contributed by atoms with Crippen molar-refractivity contribution in [3.05, 3.63) is 17.4 Å². The van der Waals surface area contributed by atoms with Gasteiger partial charge in [-0.05, 0) is 6.07 Å². The van der Waals surface area contributed by atoms with E-state index < -0.39 is 23.3 Å². The zero-order chi connectivity index (χ0) is 11.6. The van der Waals surface area contributed by atoms with Crippen molar-refractivity contribution >= 4 is 11.7 Å². The van der Waals surface area contributed by atoms with E-state index in [0.29, 0.717) is 0 Å². The summed E-state index contributed by atoms with van der Waals surface area (Å²) < 4.78 is 22.2. The van der Waals surface area contributed by atoms with E-state index in [9.17, 15) is 14.3 Å². The molecule has 1 aromatic rings. The quantitative estimate of drug-likeness (QED) is 0.435. The minimum absolute atomic E-state index is 0.242. The lowest BCUT2D eigenvalue weighted by Gasteiger charge is -2.10. The molecule has 0 fully saturated rings. The number of methoxy groups -OCH3 is 2. The molecule has 15 heavy (non-hydrogen) atoms. The molecule has 0 saturated heterocycles. The Labute approximate surface area is 85.2 Å². The third kappa shape index (κ3) is 1.78. The summed E-state index contributed by atoms with van der Waals surface area (Å²) in [5.41, 5.74) is 4.74. The zero-order valence-corrected chi connectivity index (χ0v) is 8.20. The molecule has 0 spiro atoms. The average Bonchev–Trinajstić information content (AvgIpc) is 2.23. The van der Waals surface area contributed by atoms with Gasteiger partial charge >= 0.3 is 5.97 Å². The summed E-state index contributed by atoms with van der Waals surface area (Å²) in [5.74, 6) is -2.84. The van der Waals surface area contributed by atoms with Crippen molar-refractivity contribution in [1.82, 2.24) is 0 Å². The molecule has 0 unspecified atom stereocenters. The number of benzene rings is 1. The summed E-state index contributed by atoms with van der Waals surface area (Å²) in [5, 5.41) is 9.47. The first kappa shape index (κ1) is 11.1. The summed E-state index contributed by atoms with van der Waals surface area (Å²) >= 11 is 0. The number of hydrogen-bond donors (Lipinski definition) is 2. The predicted octanol–water partition coefficient (Wildman–Crippen LogP) is 0.909. The number of hydrogen-bond acceptors (Lipinski definition) is 5. The van der Waals surface area contributed by atoms with Crippen molar-refractivity contribution in [1.29, 1.82) is 0 Å². The van der Waals surface area contributed by atoms with Crippen molar-refractivity contribution in [2.45, 2.75) is 0 Å². The van der Waals surface area contributed by atoms with Crippen molar-refractivity contribution < 1.29 is 23.8 Å². The van der Waals surface area contributed by atoms with Crippen LogP contribution in [0.2, 0.25) is 0 Å². The number of halogens is 1. The van der Waals surface area contributed by atoms with E-state index in [1.807, 2.05) is 0 Å². The third-order valence-corrected chi connectivity index (χ3v) is 1.83. The second kappa shape index (κ2) is 4.04. The maximum atomic E-state index is 13.2. The topological polar surface area (TPSA) is 81.8 Å². The van der Waals surface area contributed by atoms with Gasteiger partial charge in [0.2, 0.25) is 0 Å². The highest BCUT2D eigenvalue weighted by molar-refractivity contribution is 5.94. The van der Waals surface area contributed by atoms with Gasteiger partial charge in [-0.15, -0.1) is 0 Å². The van der Waals surface area contributed by atoms with Gasteiger partial charge in [0.05, 0.1) is 19.9 Å². The standard InChI is InChI=1S/C9H10FNO4/c1-14-8-6(10)5(11)3-4(7(8)12)9(13)15-2/h3,12H,11H2,1-2H3. The van der Waals surface area contributed by atoms with Crippen LogP contribution in [-0.4, -0.2) is 25.3 Å². The lowest BCUT2D eigenvalue weighted by Crippen LogP contribution is -2.06. The van der Waals surface area contributed by atoms with Gasteiger partial charge in [0, 0.05) is 0 Å². The van der Waals surface area contributed by atoms with Crippen LogP contribution in [0.1, 0.15) is 10.4 Å². The molecule has 0 aromatic heterocycles. The molecule has 0 aliphatic heterocycles. The van der Waals surface area contributed by atoms with Gasteiger partial charge in [0.15, 0.2) is 17.3 Å². The molecule has 3 N–H and O–H groups in total. The maximum absolute atomic E-state index is 13.2. The molecule has 0 radical (unpaired) electrons. The molecule has 1 rings (SSSR count). The van der Waals surface area contributed by atoms with Crippen LogP contribution in [0.15, 0.2) is 6.07 Å². The molecule has 0 saturated carbocycles. The Bertz CT molecular complexity index is 406. The van der Waals surface area contributed by atoms with Crippen LogP contribution in [0, 0.1) is 5.82 Å². The van der Waals surface area contributed by atoms with E-state index in [4.69, 9.17) is 5.73 Å². The second-order valence-corrected chi connectivity index (χ2v) is 2.70. The molecule has 5 nitrogen and oxygen atoms in total. The third-order valence-electron chi connectivity index (χ3n) is 1.83. The van der Waals surface area contributed by atoms with E-state index in [2.05, 4.69) is 9.47 Å². The number of anilines is 1. The molecule has 1 aromatic carbocycles. The Morgan fingerprint density at radius 3 is 2.60 bits per heavy atom. The largest absolute Gasteiger partial charge is 0.504 e. The van der Waals surface area contributed by atoms with Gasteiger partial charge in [-0.25, -0.2) is 9.18 Å². The van der Waals surface area contributed by atoms with Crippen LogP contribution in [-0.2, 0) is 4.74 Å². The second-order valence-electron chi connectivity index (χ2n) is 2.70. The number of phenols is 1. The lowest BCUT2D eigenvalue weighted by atomic mass is 10.1. The van der Waals surface area contributed by atoms with Crippen LogP contribution in [0.3, 0.4) is 0 Å². The van der Waals surface area contributed by atoms with Gasteiger partial charge < -0.3 is 20.3 Å². The summed E-state index contributed by atoms with van der Waals surface area (Å²) in [4.78, 5) is 11.2. The van der Waals surface area contributed by atoms with Gasteiger partial charge in [-0.3, -0.25) is 0 Å². The molecule has 0 bridgehead atoms. The Morgan fingerprint density at radius 2 is 2.13 bits per heavy atom. The Morgan fingerprint density at radius 1 is 1.53 bits per heavy atom. The first-order chi connectivity index (χ1) is 7.02. The van der Waals surface area contributed by atoms with E-state index in [1.165, 1.54) is 0 Å². The van der Waals surface area contributed by atoms with Gasteiger partial charge in [0.1, 0.15) is 5.56 Å². The Kier molecular flexibility index (Phi) is 2.99. The number of carbonyl (C=O) groups is 1.